The van der Waals surface area contributed by atoms with Gasteiger partial charge in [-0.1, -0.05) is 30.3 Å². The highest BCUT2D eigenvalue weighted by molar-refractivity contribution is 6.36. The van der Waals surface area contributed by atoms with Crippen molar-refractivity contribution in [2.24, 2.45) is 0 Å². The lowest BCUT2D eigenvalue weighted by Gasteiger charge is -2.07. The summed E-state index contributed by atoms with van der Waals surface area (Å²) in [5, 5.41) is 0.794. The molecule has 0 amide bonds. The predicted octanol–water partition coefficient (Wildman–Crippen LogP) is 3.08. The van der Waals surface area contributed by atoms with Gasteiger partial charge >= 0.3 is 0 Å². The number of hydrogen-bond donors (Lipinski definition) is 0. The van der Waals surface area contributed by atoms with Crippen LogP contribution in [0.3, 0.4) is 0 Å². The van der Waals surface area contributed by atoms with Crippen LogP contribution in [0.5, 0.6) is 5.75 Å². The molecule has 0 fully saturated rings. The molecule has 110 valence electrons. The van der Waals surface area contributed by atoms with E-state index >= 15 is 0 Å². The lowest BCUT2D eigenvalue weighted by molar-refractivity contribution is -0.104. The van der Waals surface area contributed by atoms with Crippen LogP contribution in [0.1, 0.15) is 15.9 Å². The number of methoxy groups -OCH3 is 1. The second-order valence-corrected chi connectivity index (χ2v) is 5.02. The summed E-state index contributed by atoms with van der Waals surface area (Å²) in [4.78, 5) is 22.6. The number of Topliss-reactive ketones (excluding diaryl/α,β-unsaturated/α-hetero) is 1. The van der Waals surface area contributed by atoms with Gasteiger partial charge in [0.1, 0.15) is 5.75 Å². The molecular weight excluding hydrogens is 278 g/mol. The third-order valence-corrected chi connectivity index (χ3v) is 3.65. The van der Waals surface area contributed by atoms with Crippen molar-refractivity contribution in [2.75, 3.05) is 7.11 Å². The van der Waals surface area contributed by atoms with Gasteiger partial charge in [0.15, 0.2) is 6.29 Å². The summed E-state index contributed by atoms with van der Waals surface area (Å²) in [5.41, 5.74) is 2.43. The van der Waals surface area contributed by atoms with Crippen molar-refractivity contribution in [1.29, 1.82) is 0 Å². The van der Waals surface area contributed by atoms with E-state index < -0.39 is 5.78 Å². The van der Waals surface area contributed by atoms with Crippen molar-refractivity contribution in [2.45, 2.75) is 6.54 Å². The maximum Gasteiger partial charge on any atom is 0.227 e. The summed E-state index contributed by atoms with van der Waals surface area (Å²) < 4.78 is 7.20. The highest BCUT2D eigenvalue weighted by Crippen LogP contribution is 2.23. The van der Waals surface area contributed by atoms with Crippen molar-refractivity contribution in [3.63, 3.8) is 0 Å². The van der Waals surface area contributed by atoms with E-state index in [0.29, 0.717) is 18.4 Å². The minimum Gasteiger partial charge on any atom is -0.497 e. The van der Waals surface area contributed by atoms with E-state index in [-0.39, 0.29) is 0 Å². The molecular formula is C18H15NO3. The molecule has 0 bridgehead atoms. The van der Waals surface area contributed by atoms with E-state index in [4.69, 9.17) is 4.74 Å². The number of carbonyl (C=O) groups excluding carboxylic acids is 2. The Morgan fingerprint density at radius 2 is 2.00 bits per heavy atom. The highest BCUT2D eigenvalue weighted by Gasteiger charge is 2.14. The third-order valence-electron chi connectivity index (χ3n) is 3.65. The standard InChI is InChI=1S/C18H15NO3/c1-22-14-6-4-5-13(9-14)10-19-11-16(18(21)12-20)15-7-2-3-8-17(15)19/h2-9,11-12H,10H2,1H3. The van der Waals surface area contributed by atoms with Crippen LogP contribution in [0, 0.1) is 0 Å². The second kappa shape index (κ2) is 5.85. The molecule has 4 nitrogen and oxygen atoms in total. The molecule has 0 aliphatic heterocycles. The molecule has 3 rings (SSSR count). The van der Waals surface area contributed by atoms with Crippen LogP contribution < -0.4 is 4.74 Å². The van der Waals surface area contributed by atoms with E-state index in [1.54, 1.807) is 13.3 Å². The van der Waals surface area contributed by atoms with Gasteiger partial charge in [-0.25, -0.2) is 0 Å². The molecule has 4 heteroatoms. The van der Waals surface area contributed by atoms with E-state index in [1.165, 1.54) is 0 Å². The fourth-order valence-electron chi connectivity index (χ4n) is 2.60. The first-order valence-corrected chi connectivity index (χ1v) is 6.93. The molecule has 0 aliphatic rings. The largest absolute Gasteiger partial charge is 0.497 e. The zero-order chi connectivity index (χ0) is 15.5. The number of ketones is 1. The monoisotopic (exact) mass is 293 g/mol. The van der Waals surface area contributed by atoms with Crippen molar-refractivity contribution in [3.8, 4) is 5.75 Å². The van der Waals surface area contributed by atoms with Crippen LogP contribution in [0.4, 0.5) is 0 Å². The van der Waals surface area contributed by atoms with Gasteiger partial charge in [0.05, 0.1) is 12.7 Å². The molecule has 0 saturated carbocycles. The maximum atomic E-state index is 11.8. The Bertz CT molecular complexity index is 848. The molecule has 0 spiro atoms. The first kappa shape index (κ1) is 14.1. The van der Waals surface area contributed by atoms with E-state index in [9.17, 15) is 9.59 Å². The zero-order valence-corrected chi connectivity index (χ0v) is 12.2. The van der Waals surface area contributed by atoms with Gasteiger partial charge in [-0.3, -0.25) is 9.59 Å². The lowest BCUT2D eigenvalue weighted by atomic mass is 10.1. The van der Waals surface area contributed by atoms with Crippen molar-refractivity contribution >= 4 is 23.0 Å². The van der Waals surface area contributed by atoms with Crippen LogP contribution in [0.25, 0.3) is 10.9 Å². The Morgan fingerprint density at radius 3 is 2.77 bits per heavy atom. The van der Waals surface area contributed by atoms with Gasteiger partial charge in [-0.15, -0.1) is 0 Å². The van der Waals surface area contributed by atoms with Gasteiger partial charge in [-0.2, -0.15) is 0 Å². The average molecular weight is 293 g/mol. The molecule has 22 heavy (non-hydrogen) atoms. The number of aromatic nitrogens is 1. The quantitative estimate of drug-likeness (QED) is 0.412. The SMILES string of the molecule is COc1cccc(Cn2cc(C(=O)C=O)c3ccccc32)c1. The summed E-state index contributed by atoms with van der Waals surface area (Å²) in [6.07, 6.45) is 2.10. The summed E-state index contributed by atoms with van der Waals surface area (Å²) in [5.74, 6) is 0.291. The molecule has 3 aromatic rings. The van der Waals surface area contributed by atoms with Gasteiger partial charge in [0, 0.05) is 23.6 Å². The Balaban J connectivity index is 2.07. The van der Waals surface area contributed by atoms with Gasteiger partial charge in [-0.05, 0) is 23.8 Å². The Kier molecular flexibility index (Phi) is 3.74. The summed E-state index contributed by atoms with van der Waals surface area (Å²) in [6.45, 7) is 0.601. The zero-order valence-electron chi connectivity index (χ0n) is 12.2. The van der Waals surface area contributed by atoms with Gasteiger partial charge in [0.2, 0.25) is 5.78 Å². The van der Waals surface area contributed by atoms with E-state index in [2.05, 4.69) is 0 Å². The number of fused-ring (bicyclic) bond motifs is 1. The van der Waals surface area contributed by atoms with Gasteiger partial charge in [0.25, 0.3) is 0 Å². The normalized spacial score (nSPS) is 10.6. The molecule has 0 saturated heterocycles. The maximum absolute atomic E-state index is 11.8. The van der Waals surface area contributed by atoms with Crippen LogP contribution >= 0.6 is 0 Å². The predicted molar refractivity (Wildman–Crippen MR) is 84.4 cm³/mol. The fourth-order valence-corrected chi connectivity index (χ4v) is 2.60. The lowest BCUT2D eigenvalue weighted by Crippen LogP contribution is -2.00. The number of benzene rings is 2. The smallest absolute Gasteiger partial charge is 0.227 e. The molecule has 1 aromatic heterocycles. The van der Waals surface area contributed by atoms with Crippen LogP contribution in [-0.4, -0.2) is 23.7 Å². The first-order chi connectivity index (χ1) is 10.7. The number of aldehydes is 1. The second-order valence-electron chi connectivity index (χ2n) is 5.02. The topological polar surface area (TPSA) is 48.3 Å². The molecule has 0 atom stereocenters. The van der Waals surface area contributed by atoms with Crippen molar-refractivity contribution in [1.82, 2.24) is 4.57 Å². The molecule has 0 radical (unpaired) electrons. The molecule has 0 N–H and O–H groups in total. The van der Waals surface area contributed by atoms with Crippen molar-refractivity contribution < 1.29 is 14.3 Å². The van der Waals surface area contributed by atoms with Crippen molar-refractivity contribution in [3.05, 3.63) is 65.9 Å². The molecule has 1 heterocycles. The van der Waals surface area contributed by atoms with Crippen LogP contribution in [0.2, 0.25) is 0 Å². The minimum atomic E-state index is -0.499. The Labute approximate surface area is 127 Å². The number of nitrogens with zero attached hydrogens (tertiary/aromatic N) is 1. The summed E-state index contributed by atoms with van der Waals surface area (Å²) in [6, 6.07) is 15.3. The number of para-hydroxylation sites is 1. The highest BCUT2D eigenvalue weighted by atomic mass is 16.5. The molecule has 0 aliphatic carbocycles. The molecule has 2 aromatic carbocycles. The van der Waals surface area contributed by atoms with E-state index in [1.807, 2.05) is 53.1 Å². The van der Waals surface area contributed by atoms with E-state index in [0.717, 1.165) is 22.2 Å². The summed E-state index contributed by atoms with van der Waals surface area (Å²) in [7, 11) is 1.63. The number of hydrogen-bond acceptors (Lipinski definition) is 3. The minimum absolute atomic E-state index is 0.359. The van der Waals surface area contributed by atoms with Crippen LogP contribution in [-0.2, 0) is 11.3 Å². The number of carbonyl (C=O) groups is 2. The summed E-state index contributed by atoms with van der Waals surface area (Å²) >= 11 is 0. The third kappa shape index (κ3) is 2.51. The number of rotatable bonds is 5. The Hall–Kier alpha value is -2.88. The molecule has 0 unspecified atom stereocenters. The Morgan fingerprint density at radius 1 is 1.18 bits per heavy atom. The first-order valence-electron chi connectivity index (χ1n) is 6.93. The van der Waals surface area contributed by atoms with Crippen LogP contribution in [0.15, 0.2) is 54.7 Å². The van der Waals surface area contributed by atoms with Gasteiger partial charge < -0.3 is 9.30 Å². The fraction of sp³-hybridized carbons (Fsp3) is 0.111. The average Bonchev–Trinajstić information content (AvgIpc) is 2.93. The number of ether oxygens (including phenoxy) is 1.